The highest BCUT2D eigenvalue weighted by Gasteiger charge is 2.21. The largest absolute Gasteiger partial charge is 0.444 e. The van der Waals surface area contributed by atoms with Crippen molar-refractivity contribution >= 4 is 22.6 Å². The highest BCUT2D eigenvalue weighted by Crippen LogP contribution is 2.17. The quantitative estimate of drug-likeness (QED) is 0.873. The van der Waals surface area contributed by atoms with E-state index in [9.17, 15) is 9.59 Å². The van der Waals surface area contributed by atoms with E-state index in [0.29, 0.717) is 5.56 Å². The van der Waals surface area contributed by atoms with Gasteiger partial charge in [0.25, 0.3) is 0 Å². The van der Waals surface area contributed by atoms with E-state index in [0.717, 1.165) is 10.8 Å². The van der Waals surface area contributed by atoms with E-state index in [1.807, 2.05) is 36.4 Å². The molecule has 1 atom stereocenters. The number of fused-ring (bicyclic) bond motifs is 1. The molecule has 116 valence electrons. The third kappa shape index (κ3) is 4.07. The van der Waals surface area contributed by atoms with Gasteiger partial charge in [0.15, 0.2) is 5.78 Å². The minimum absolute atomic E-state index is 0.142. The lowest BCUT2D eigenvalue weighted by Gasteiger charge is -2.21. The number of nitrogens with one attached hydrogen (secondary N) is 1. The molecule has 0 bridgehead atoms. The van der Waals surface area contributed by atoms with Gasteiger partial charge in [-0.2, -0.15) is 0 Å². The first-order valence-electron chi connectivity index (χ1n) is 7.29. The molecule has 0 aromatic heterocycles. The summed E-state index contributed by atoms with van der Waals surface area (Å²) in [5, 5.41) is 4.65. The maximum absolute atomic E-state index is 12.4. The number of alkyl carbamates (subject to hydrolysis) is 1. The summed E-state index contributed by atoms with van der Waals surface area (Å²) in [6.45, 7) is 6.99. The third-order valence-electron chi connectivity index (χ3n) is 3.16. The van der Waals surface area contributed by atoms with Crippen molar-refractivity contribution in [3.63, 3.8) is 0 Å². The Kier molecular flexibility index (Phi) is 4.50. The van der Waals surface area contributed by atoms with Crippen LogP contribution in [0.2, 0.25) is 0 Å². The van der Waals surface area contributed by atoms with Gasteiger partial charge in [-0.25, -0.2) is 4.79 Å². The molecule has 1 N–H and O–H groups in total. The van der Waals surface area contributed by atoms with Crippen LogP contribution in [0.4, 0.5) is 4.79 Å². The molecular weight excluding hydrogens is 278 g/mol. The fourth-order valence-electron chi connectivity index (χ4n) is 2.14. The van der Waals surface area contributed by atoms with Crippen molar-refractivity contribution in [1.29, 1.82) is 0 Å². The molecule has 0 aliphatic rings. The van der Waals surface area contributed by atoms with E-state index >= 15 is 0 Å². The lowest BCUT2D eigenvalue weighted by molar-refractivity contribution is 0.0497. The van der Waals surface area contributed by atoms with Gasteiger partial charge >= 0.3 is 6.09 Å². The summed E-state index contributed by atoms with van der Waals surface area (Å²) in [6.07, 6.45) is -0.589. The first-order valence-corrected chi connectivity index (χ1v) is 7.29. The normalized spacial score (nSPS) is 12.7. The topological polar surface area (TPSA) is 55.4 Å². The Bertz CT molecular complexity index is 701. The molecule has 4 heteroatoms. The molecule has 2 rings (SSSR count). The van der Waals surface area contributed by atoms with Gasteiger partial charge in [0.1, 0.15) is 5.60 Å². The van der Waals surface area contributed by atoms with Gasteiger partial charge in [-0.3, -0.25) is 4.79 Å². The van der Waals surface area contributed by atoms with Gasteiger partial charge in [0.2, 0.25) is 0 Å². The van der Waals surface area contributed by atoms with Gasteiger partial charge in [-0.15, -0.1) is 0 Å². The summed E-state index contributed by atoms with van der Waals surface area (Å²) in [5.74, 6) is -0.142. The smallest absolute Gasteiger partial charge is 0.408 e. The molecule has 2 aromatic carbocycles. The summed E-state index contributed by atoms with van der Waals surface area (Å²) in [6, 6.07) is 12.7. The van der Waals surface area contributed by atoms with Crippen LogP contribution in [0.25, 0.3) is 10.8 Å². The molecule has 0 aliphatic carbocycles. The second-order valence-electron chi connectivity index (χ2n) is 6.29. The van der Waals surface area contributed by atoms with Crippen molar-refractivity contribution in [2.24, 2.45) is 0 Å². The molecule has 0 saturated carbocycles. The van der Waals surface area contributed by atoms with Crippen LogP contribution in [0, 0.1) is 0 Å². The second kappa shape index (κ2) is 6.18. The molecule has 2 aromatic rings. The van der Waals surface area contributed by atoms with Gasteiger partial charge in [0, 0.05) is 5.56 Å². The van der Waals surface area contributed by atoms with Crippen LogP contribution in [-0.2, 0) is 4.74 Å². The molecule has 0 spiro atoms. The number of carbonyl (C=O) groups is 2. The maximum atomic E-state index is 12.4. The molecule has 22 heavy (non-hydrogen) atoms. The predicted molar refractivity (Wildman–Crippen MR) is 87.1 cm³/mol. The summed E-state index contributed by atoms with van der Waals surface area (Å²) >= 11 is 0. The second-order valence-corrected chi connectivity index (χ2v) is 6.29. The van der Waals surface area contributed by atoms with Crippen molar-refractivity contribution in [3.05, 3.63) is 48.0 Å². The number of benzene rings is 2. The monoisotopic (exact) mass is 299 g/mol. The third-order valence-corrected chi connectivity index (χ3v) is 3.16. The van der Waals surface area contributed by atoms with Crippen LogP contribution in [0.15, 0.2) is 42.5 Å². The number of hydrogen-bond donors (Lipinski definition) is 1. The van der Waals surface area contributed by atoms with E-state index in [2.05, 4.69) is 5.32 Å². The van der Waals surface area contributed by atoms with Crippen molar-refractivity contribution < 1.29 is 14.3 Å². The number of hydrogen-bond acceptors (Lipinski definition) is 3. The molecular formula is C18H21NO3. The highest BCUT2D eigenvalue weighted by atomic mass is 16.6. The van der Waals surface area contributed by atoms with Crippen molar-refractivity contribution in [2.75, 3.05) is 0 Å². The van der Waals surface area contributed by atoms with Crippen molar-refractivity contribution in [1.82, 2.24) is 5.32 Å². The molecule has 1 amide bonds. The Morgan fingerprint density at radius 2 is 1.68 bits per heavy atom. The van der Waals surface area contributed by atoms with Crippen LogP contribution in [0.1, 0.15) is 38.1 Å². The number of ether oxygens (including phenoxy) is 1. The summed E-state index contributed by atoms with van der Waals surface area (Å²) in [5.41, 5.74) is -0.0160. The van der Waals surface area contributed by atoms with Gasteiger partial charge < -0.3 is 10.1 Å². The molecule has 0 radical (unpaired) electrons. The van der Waals surface area contributed by atoms with E-state index in [-0.39, 0.29) is 5.78 Å². The van der Waals surface area contributed by atoms with Gasteiger partial charge in [-0.1, -0.05) is 36.4 Å². The molecule has 4 nitrogen and oxygen atoms in total. The standard InChI is InChI=1S/C18H21NO3/c1-12(19-17(21)22-18(2,3)4)16(20)15-10-9-13-7-5-6-8-14(13)11-15/h5-12H,1-4H3,(H,19,21)/t12-/m0/s1. The number of carbonyl (C=O) groups excluding carboxylic acids is 2. The molecule has 0 heterocycles. The Labute approximate surface area is 130 Å². The van der Waals surface area contributed by atoms with Crippen molar-refractivity contribution in [3.8, 4) is 0 Å². The van der Waals surface area contributed by atoms with E-state index in [1.165, 1.54) is 0 Å². The molecule has 0 fully saturated rings. The summed E-state index contributed by atoms with van der Waals surface area (Å²) in [7, 11) is 0. The van der Waals surface area contributed by atoms with Crippen LogP contribution in [-0.4, -0.2) is 23.5 Å². The Morgan fingerprint density at radius 3 is 2.32 bits per heavy atom. The van der Waals surface area contributed by atoms with E-state index in [4.69, 9.17) is 4.74 Å². The van der Waals surface area contributed by atoms with Crippen LogP contribution in [0.5, 0.6) is 0 Å². The molecule has 0 aliphatic heterocycles. The zero-order valence-corrected chi connectivity index (χ0v) is 13.3. The lowest BCUT2D eigenvalue weighted by atomic mass is 10.0. The van der Waals surface area contributed by atoms with Gasteiger partial charge in [-0.05, 0) is 44.5 Å². The Balaban J connectivity index is 2.10. The zero-order chi connectivity index (χ0) is 16.3. The minimum Gasteiger partial charge on any atom is -0.444 e. The lowest BCUT2D eigenvalue weighted by Crippen LogP contribution is -2.41. The molecule has 0 saturated heterocycles. The summed E-state index contributed by atoms with van der Waals surface area (Å²) < 4.78 is 5.16. The number of ketones is 1. The minimum atomic E-state index is -0.643. The van der Waals surface area contributed by atoms with E-state index in [1.54, 1.807) is 33.8 Å². The Morgan fingerprint density at radius 1 is 1.05 bits per heavy atom. The Hall–Kier alpha value is -2.36. The molecule has 0 unspecified atom stereocenters. The van der Waals surface area contributed by atoms with Crippen molar-refractivity contribution in [2.45, 2.75) is 39.3 Å². The number of Topliss-reactive ketones (excluding diaryl/α,β-unsaturated/α-hetero) is 1. The maximum Gasteiger partial charge on any atom is 0.408 e. The first-order chi connectivity index (χ1) is 10.3. The first kappa shape index (κ1) is 16.0. The fourth-order valence-corrected chi connectivity index (χ4v) is 2.14. The number of rotatable bonds is 3. The average Bonchev–Trinajstić information content (AvgIpc) is 2.43. The summed E-state index contributed by atoms with van der Waals surface area (Å²) in [4.78, 5) is 24.2. The SMILES string of the molecule is C[C@H](NC(=O)OC(C)(C)C)C(=O)c1ccc2ccccc2c1. The fraction of sp³-hybridized carbons (Fsp3) is 0.333. The predicted octanol–water partition coefficient (Wildman–Crippen LogP) is 3.94. The highest BCUT2D eigenvalue weighted by molar-refractivity contribution is 6.03. The average molecular weight is 299 g/mol. The van der Waals surface area contributed by atoms with Crippen LogP contribution < -0.4 is 5.32 Å². The van der Waals surface area contributed by atoms with Crippen LogP contribution >= 0.6 is 0 Å². The zero-order valence-electron chi connectivity index (χ0n) is 13.3. The number of amides is 1. The van der Waals surface area contributed by atoms with E-state index < -0.39 is 17.7 Å². The van der Waals surface area contributed by atoms with Gasteiger partial charge in [0.05, 0.1) is 6.04 Å². The van der Waals surface area contributed by atoms with Crippen LogP contribution in [0.3, 0.4) is 0 Å².